The van der Waals surface area contributed by atoms with Crippen LogP contribution in [0.3, 0.4) is 0 Å². The van der Waals surface area contributed by atoms with Gasteiger partial charge in [0, 0.05) is 12.1 Å². The van der Waals surface area contributed by atoms with Crippen LogP contribution in [0, 0.1) is 19.8 Å². The molecule has 0 unspecified atom stereocenters. The topological polar surface area (TPSA) is 46.9 Å². The lowest BCUT2D eigenvalue weighted by molar-refractivity contribution is -0.117. The van der Waals surface area contributed by atoms with E-state index >= 15 is 0 Å². The second-order valence-corrected chi connectivity index (χ2v) is 6.61. The Morgan fingerprint density at radius 3 is 2.65 bits per heavy atom. The predicted molar refractivity (Wildman–Crippen MR) is 92.9 cm³/mol. The smallest absolute Gasteiger partial charge is 0.224 e. The first kappa shape index (κ1) is 15.8. The van der Waals surface area contributed by atoms with Gasteiger partial charge in [0.05, 0.1) is 17.1 Å². The molecule has 4 nitrogen and oxygen atoms in total. The average molecular weight is 311 g/mol. The van der Waals surface area contributed by atoms with Crippen LogP contribution in [0.5, 0.6) is 0 Å². The number of para-hydroxylation sites is 2. The number of carbonyl (C=O) groups is 1. The van der Waals surface area contributed by atoms with Gasteiger partial charge in [-0.1, -0.05) is 31.4 Å². The van der Waals surface area contributed by atoms with Crippen molar-refractivity contribution in [2.75, 3.05) is 5.32 Å². The molecule has 1 aliphatic carbocycles. The first-order valence-corrected chi connectivity index (χ1v) is 8.56. The first-order chi connectivity index (χ1) is 11.1. The molecule has 1 heterocycles. The van der Waals surface area contributed by atoms with Gasteiger partial charge in [-0.25, -0.2) is 4.68 Å². The lowest BCUT2D eigenvalue weighted by atomic mass is 9.87. The fourth-order valence-corrected chi connectivity index (χ4v) is 3.49. The van der Waals surface area contributed by atoms with E-state index in [1.54, 1.807) is 0 Å². The molecule has 1 N–H and O–H groups in total. The Labute approximate surface area is 137 Å². The van der Waals surface area contributed by atoms with Gasteiger partial charge in [0.15, 0.2) is 0 Å². The molecule has 1 aromatic heterocycles. The molecule has 4 heteroatoms. The first-order valence-electron chi connectivity index (χ1n) is 8.56. The van der Waals surface area contributed by atoms with Crippen LogP contribution in [0.4, 0.5) is 5.69 Å². The summed E-state index contributed by atoms with van der Waals surface area (Å²) in [4.78, 5) is 12.4. The van der Waals surface area contributed by atoms with Crippen molar-refractivity contribution in [3.63, 3.8) is 0 Å². The molecule has 0 radical (unpaired) electrons. The summed E-state index contributed by atoms with van der Waals surface area (Å²) in [6.07, 6.45) is 6.85. The van der Waals surface area contributed by atoms with E-state index in [0.717, 1.165) is 22.8 Å². The molecule has 1 aromatic carbocycles. The molecule has 0 bridgehead atoms. The van der Waals surface area contributed by atoms with Gasteiger partial charge in [-0.15, -0.1) is 0 Å². The summed E-state index contributed by atoms with van der Waals surface area (Å²) >= 11 is 0. The Bertz CT molecular complexity index is 684. The van der Waals surface area contributed by atoms with Gasteiger partial charge >= 0.3 is 0 Å². The summed E-state index contributed by atoms with van der Waals surface area (Å²) in [5.41, 5.74) is 3.80. The van der Waals surface area contributed by atoms with E-state index in [9.17, 15) is 4.79 Å². The number of carbonyl (C=O) groups excluding carboxylic acids is 1. The van der Waals surface area contributed by atoms with Crippen molar-refractivity contribution in [3.05, 3.63) is 41.7 Å². The molecular formula is C19H25N3O. The Morgan fingerprint density at radius 2 is 1.96 bits per heavy atom. The van der Waals surface area contributed by atoms with Crippen molar-refractivity contribution >= 4 is 11.6 Å². The van der Waals surface area contributed by atoms with Gasteiger partial charge < -0.3 is 5.32 Å². The number of nitrogens with zero attached hydrogens (tertiary/aromatic N) is 2. The van der Waals surface area contributed by atoms with Crippen LogP contribution in [-0.4, -0.2) is 15.7 Å². The molecule has 122 valence electrons. The summed E-state index contributed by atoms with van der Waals surface area (Å²) in [5.74, 6) is 0.662. The molecule has 0 aliphatic heterocycles. The van der Waals surface area contributed by atoms with E-state index in [1.165, 1.54) is 32.1 Å². The van der Waals surface area contributed by atoms with E-state index in [2.05, 4.69) is 10.4 Å². The second-order valence-electron chi connectivity index (χ2n) is 6.61. The van der Waals surface area contributed by atoms with Crippen molar-refractivity contribution in [1.82, 2.24) is 9.78 Å². The summed E-state index contributed by atoms with van der Waals surface area (Å²) < 4.78 is 1.89. The minimum absolute atomic E-state index is 0.117. The highest BCUT2D eigenvalue weighted by Crippen LogP contribution is 2.27. The molecule has 1 saturated carbocycles. The minimum atomic E-state index is 0.117. The van der Waals surface area contributed by atoms with Crippen molar-refractivity contribution in [2.24, 2.45) is 5.92 Å². The summed E-state index contributed by atoms with van der Waals surface area (Å²) in [6.45, 7) is 4.01. The maximum absolute atomic E-state index is 12.4. The third-order valence-electron chi connectivity index (χ3n) is 4.61. The lowest BCUT2D eigenvalue weighted by Crippen LogP contribution is -2.19. The molecule has 0 saturated heterocycles. The van der Waals surface area contributed by atoms with Crippen LogP contribution in [0.2, 0.25) is 0 Å². The van der Waals surface area contributed by atoms with Crippen molar-refractivity contribution in [1.29, 1.82) is 0 Å². The Morgan fingerprint density at radius 1 is 1.22 bits per heavy atom. The van der Waals surface area contributed by atoms with Crippen molar-refractivity contribution in [3.8, 4) is 5.69 Å². The molecular weight excluding hydrogens is 286 g/mol. The molecule has 0 atom stereocenters. The minimum Gasteiger partial charge on any atom is -0.324 e. The van der Waals surface area contributed by atoms with Gasteiger partial charge in [-0.2, -0.15) is 5.10 Å². The monoisotopic (exact) mass is 311 g/mol. The molecule has 1 aliphatic rings. The highest BCUT2D eigenvalue weighted by molar-refractivity contribution is 5.93. The van der Waals surface area contributed by atoms with Gasteiger partial charge in [0.25, 0.3) is 0 Å². The van der Waals surface area contributed by atoms with E-state index in [-0.39, 0.29) is 5.91 Å². The quantitative estimate of drug-likeness (QED) is 0.909. The van der Waals surface area contributed by atoms with E-state index in [1.807, 2.05) is 48.9 Å². The number of anilines is 1. The van der Waals surface area contributed by atoms with Gasteiger partial charge in [-0.3, -0.25) is 4.79 Å². The zero-order chi connectivity index (χ0) is 16.2. The molecule has 2 aromatic rings. The predicted octanol–water partition coefficient (Wildman–Crippen LogP) is 4.40. The summed E-state index contributed by atoms with van der Waals surface area (Å²) in [5, 5.41) is 7.62. The third-order valence-corrected chi connectivity index (χ3v) is 4.61. The fourth-order valence-electron chi connectivity index (χ4n) is 3.49. The van der Waals surface area contributed by atoms with Crippen molar-refractivity contribution < 1.29 is 4.79 Å². The van der Waals surface area contributed by atoms with Crippen LogP contribution in [-0.2, 0) is 4.79 Å². The summed E-state index contributed by atoms with van der Waals surface area (Å²) in [6, 6.07) is 9.91. The zero-order valence-electron chi connectivity index (χ0n) is 14.0. The molecule has 3 rings (SSSR count). The van der Waals surface area contributed by atoms with E-state index in [0.29, 0.717) is 12.3 Å². The third kappa shape index (κ3) is 3.81. The molecule has 1 fully saturated rings. The standard InChI is InChI=1S/C19H25N3O/c1-14-12-15(2)22(21-14)18-11-7-6-10-17(18)20-19(23)13-16-8-4-3-5-9-16/h6-7,10-12,16H,3-5,8-9,13H2,1-2H3,(H,20,23). The highest BCUT2D eigenvalue weighted by Gasteiger charge is 2.18. The van der Waals surface area contributed by atoms with Crippen LogP contribution in [0.1, 0.15) is 49.9 Å². The fraction of sp³-hybridized carbons (Fsp3) is 0.474. The van der Waals surface area contributed by atoms with Crippen LogP contribution in [0.15, 0.2) is 30.3 Å². The maximum atomic E-state index is 12.4. The van der Waals surface area contributed by atoms with Crippen LogP contribution in [0.25, 0.3) is 5.69 Å². The lowest BCUT2D eigenvalue weighted by Gasteiger charge is -2.21. The Hall–Kier alpha value is -2.10. The number of nitrogens with one attached hydrogen (secondary N) is 1. The van der Waals surface area contributed by atoms with Gasteiger partial charge in [0.2, 0.25) is 5.91 Å². The number of hydrogen-bond acceptors (Lipinski definition) is 2. The Balaban J connectivity index is 1.75. The number of rotatable bonds is 4. The number of amides is 1. The normalized spacial score (nSPS) is 15.6. The zero-order valence-corrected chi connectivity index (χ0v) is 14.0. The largest absolute Gasteiger partial charge is 0.324 e. The number of hydrogen-bond donors (Lipinski definition) is 1. The summed E-state index contributed by atoms with van der Waals surface area (Å²) in [7, 11) is 0. The Kier molecular flexibility index (Phi) is 4.79. The number of aromatic nitrogens is 2. The van der Waals surface area contributed by atoms with Gasteiger partial charge in [0.1, 0.15) is 0 Å². The number of aryl methyl sites for hydroxylation is 2. The SMILES string of the molecule is Cc1cc(C)n(-c2ccccc2NC(=O)CC2CCCCC2)n1. The second kappa shape index (κ2) is 6.99. The number of benzene rings is 1. The van der Waals surface area contributed by atoms with E-state index < -0.39 is 0 Å². The van der Waals surface area contributed by atoms with Crippen LogP contribution < -0.4 is 5.32 Å². The molecule has 23 heavy (non-hydrogen) atoms. The van der Waals surface area contributed by atoms with Gasteiger partial charge in [-0.05, 0) is 50.8 Å². The van der Waals surface area contributed by atoms with Crippen molar-refractivity contribution in [2.45, 2.75) is 52.4 Å². The van der Waals surface area contributed by atoms with Crippen LogP contribution >= 0.6 is 0 Å². The highest BCUT2D eigenvalue weighted by atomic mass is 16.1. The van der Waals surface area contributed by atoms with E-state index in [4.69, 9.17) is 0 Å². The molecule has 1 amide bonds. The maximum Gasteiger partial charge on any atom is 0.224 e. The molecule has 0 spiro atoms. The average Bonchev–Trinajstić information content (AvgIpc) is 2.87.